The lowest BCUT2D eigenvalue weighted by molar-refractivity contribution is 0.00749. The zero-order chi connectivity index (χ0) is 45.3. The molecule has 14 heteroatoms. The van der Waals surface area contributed by atoms with Crippen molar-refractivity contribution in [1.82, 2.24) is 20.0 Å². The smallest absolute Gasteiger partial charge is 0.410 e. The summed E-state index contributed by atoms with van der Waals surface area (Å²) in [6.07, 6.45) is 4.96. The van der Waals surface area contributed by atoms with E-state index >= 15 is 0 Å². The molecule has 14 nitrogen and oxygen atoms in total. The van der Waals surface area contributed by atoms with Gasteiger partial charge in [0, 0.05) is 89.2 Å². The second-order valence-electron chi connectivity index (χ2n) is 17.4. The number of ether oxygens (including phenoxy) is 7. The second-order valence-corrected chi connectivity index (χ2v) is 17.4. The quantitative estimate of drug-likeness (QED) is 0.148. The highest BCUT2D eigenvalue weighted by atomic mass is 16.6. The fourth-order valence-electron chi connectivity index (χ4n) is 7.77. The summed E-state index contributed by atoms with van der Waals surface area (Å²) < 4.78 is 38.4. The summed E-state index contributed by atoms with van der Waals surface area (Å²) in [7, 11) is 6.53. The molecule has 0 radical (unpaired) electrons. The van der Waals surface area contributed by atoms with Crippen molar-refractivity contribution < 1.29 is 47.5 Å². The van der Waals surface area contributed by atoms with Gasteiger partial charge in [-0.2, -0.15) is 0 Å². The molecule has 3 amide bonds. The number of aryl methyl sites for hydroxylation is 2. The molecular formula is C47H76N4O10. The molecule has 344 valence electrons. The molecule has 2 aromatic rings. The number of hydrogen-bond donors (Lipinski definition) is 1. The van der Waals surface area contributed by atoms with Crippen LogP contribution in [-0.2, 0) is 14.2 Å². The Labute approximate surface area is 365 Å². The predicted octanol–water partition coefficient (Wildman–Crippen LogP) is 7.69. The van der Waals surface area contributed by atoms with E-state index in [1.807, 2.05) is 76.5 Å². The summed E-state index contributed by atoms with van der Waals surface area (Å²) in [5.74, 6) is 2.37. The van der Waals surface area contributed by atoms with Gasteiger partial charge in [0.1, 0.15) is 5.60 Å². The number of hydrogen-bond acceptors (Lipinski definition) is 11. The van der Waals surface area contributed by atoms with Gasteiger partial charge in [-0.25, -0.2) is 4.79 Å². The van der Waals surface area contributed by atoms with Gasteiger partial charge in [0.2, 0.25) is 0 Å². The van der Waals surface area contributed by atoms with Gasteiger partial charge in [-0.3, -0.25) is 9.59 Å². The van der Waals surface area contributed by atoms with Crippen molar-refractivity contribution in [3.05, 3.63) is 46.5 Å². The van der Waals surface area contributed by atoms with Crippen LogP contribution in [0.3, 0.4) is 0 Å². The number of piperidine rings is 2. The highest BCUT2D eigenvalue weighted by Gasteiger charge is 2.35. The average molecular weight is 857 g/mol. The van der Waals surface area contributed by atoms with E-state index in [1.54, 1.807) is 39.4 Å². The molecule has 2 aromatic carbocycles. The van der Waals surface area contributed by atoms with Gasteiger partial charge < -0.3 is 53.2 Å². The van der Waals surface area contributed by atoms with Crippen molar-refractivity contribution >= 4 is 17.9 Å². The summed E-state index contributed by atoms with van der Waals surface area (Å²) in [4.78, 5) is 45.5. The second kappa shape index (κ2) is 25.0. The first kappa shape index (κ1) is 51.1. The van der Waals surface area contributed by atoms with Crippen LogP contribution in [0.4, 0.5) is 4.79 Å². The van der Waals surface area contributed by atoms with E-state index in [-0.39, 0.29) is 42.1 Å². The molecule has 2 fully saturated rings. The minimum Gasteiger partial charge on any atom is -0.493 e. The molecule has 0 saturated carbocycles. The van der Waals surface area contributed by atoms with E-state index in [9.17, 15) is 14.4 Å². The normalized spacial score (nSPS) is 16.7. The third kappa shape index (κ3) is 15.2. The Kier molecular flexibility index (Phi) is 20.9. The predicted molar refractivity (Wildman–Crippen MR) is 239 cm³/mol. The largest absolute Gasteiger partial charge is 0.493 e. The van der Waals surface area contributed by atoms with Gasteiger partial charge in [-0.05, 0) is 130 Å². The Balaban J connectivity index is 0.000000334. The number of likely N-dealkylation sites (tertiary alicyclic amines) is 1. The van der Waals surface area contributed by atoms with Crippen molar-refractivity contribution in [2.24, 2.45) is 0 Å². The van der Waals surface area contributed by atoms with E-state index in [1.165, 1.54) is 0 Å². The number of nitrogens with one attached hydrogen (secondary N) is 1. The molecule has 2 atom stereocenters. The number of benzene rings is 2. The van der Waals surface area contributed by atoms with Crippen molar-refractivity contribution in [2.45, 2.75) is 131 Å². The van der Waals surface area contributed by atoms with Crippen LogP contribution in [-0.4, -0.2) is 143 Å². The molecule has 4 rings (SSSR count). The fraction of sp³-hybridized carbons (Fsp3) is 0.681. The van der Waals surface area contributed by atoms with Gasteiger partial charge in [0.25, 0.3) is 11.8 Å². The third-order valence-electron chi connectivity index (χ3n) is 10.7. The molecule has 0 bridgehead atoms. The number of amides is 3. The molecule has 2 heterocycles. The first-order valence-corrected chi connectivity index (χ1v) is 21.9. The maximum Gasteiger partial charge on any atom is 0.410 e. The van der Waals surface area contributed by atoms with Crippen LogP contribution in [0.2, 0.25) is 0 Å². The van der Waals surface area contributed by atoms with Crippen molar-refractivity contribution in [1.29, 1.82) is 0 Å². The van der Waals surface area contributed by atoms with Gasteiger partial charge in [-0.1, -0.05) is 0 Å². The Hall–Kier alpha value is -4.27. The third-order valence-corrected chi connectivity index (χ3v) is 10.7. The molecule has 0 aliphatic carbocycles. The molecule has 0 unspecified atom stereocenters. The SMILES string of the molecule is COCCCOc1cc(C(=O)N(C(C)C)[C@@H]2CCCN(C(=O)OC(C)(C)C)C2)c(C)cc1OC.COCCCOc1cc(C(=O)N(C(C)C)[C@@H]2CCCNC2)c(C)cc1OC. The lowest BCUT2D eigenvalue weighted by Crippen LogP contribution is -2.54. The van der Waals surface area contributed by atoms with Crippen molar-refractivity contribution in [2.75, 3.05) is 81.0 Å². The number of rotatable bonds is 18. The highest BCUT2D eigenvalue weighted by molar-refractivity contribution is 5.97. The summed E-state index contributed by atoms with van der Waals surface area (Å²) >= 11 is 0. The number of nitrogens with zero attached hydrogens (tertiary/aromatic N) is 3. The highest BCUT2D eigenvalue weighted by Crippen LogP contribution is 2.34. The summed E-state index contributed by atoms with van der Waals surface area (Å²) in [6.45, 7) is 22.7. The molecule has 61 heavy (non-hydrogen) atoms. The summed E-state index contributed by atoms with van der Waals surface area (Å²) in [5.41, 5.74) is 2.41. The standard InChI is InChI=1S/C26H42N2O6.C21H34N2O4/c1-18(2)28(20-11-9-12-27(17-20)25(30)34-26(4,5)6)24(29)21-16-23(33-14-10-13-31-7)22(32-8)15-19(21)3;1-15(2)23(17-8-6-9-22-14-17)21(24)18-13-20(27-11-7-10-25-4)19(26-5)12-16(18)3/h15-16,18,20H,9-14,17H2,1-8H3;12-13,15,17,22H,6-11,14H2,1-5H3/t20-;17-/m11/s1. The van der Waals surface area contributed by atoms with Crippen molar-refractivity contribution in [3.63, 3.8) is 0 Å². The Morgan fingerprint density at radius 3 is 1.59 bits per heavy atom. The zero-order valence-electron chi connectivity index (χ0n) is 39.4. The Morgan fingerprint density at radius 1 is 0.705 bits per heavy atom. The minimum absolute atomic E-state index is 0.0383. The van der Waals surface area contributed by atoms with Crippen LogP contribution in [0.15, 0.2) is 24.3 Å². The lowest BCUT2D eigenvalue weighted by Gasteiger charge is -2.41. The van der Waals surface area contributed by atoms with E-state index < -0.39 is 5.60 Å². The Morgan fingerprint density at radius 2 is 1.18 bits per heavy atom. The average Bonchev–Trinajstić information content (AvgIpc) is 3.21. The van der Waals surface area contributed by atoms with Gasteiger partial charge in [0.05, 0.1) is 33.5 Å². The molecule has 2 aliphatic rings. The monoisotopic (exact) mass is 857 g/mol. The maximum atomic E-state index is 13.8. The summed E-state index contributed by atoms with van der Waals surface area (Å²) in [5, 5.41) is 3.41. The minimum atomic E-state index is -0.558. The molecule has 1 N–H and O–H groups in total. The summed E-state index contributed by atoms with van der Waals surface area (Å²) in [6, 6.07) is 7.54. The number of methoxy groups -OCH3 is 4. The van der Waals surface area contributed by atoms with Crippen LogP contribution < -0.4 is 24.3 Å². The first-order chi connectivity index (χ1) is 29.0. The van der Waals surface area contributed by atoms with E-state index in [0.29, 0.717) is 73.6 Å². The van der Waals surface area contributed by atoms with E-state index in [4.69, 9.17) is 33.2 Å². The maximum absolute atomic E-state index is 13.8. The van der Waals surface area contributed by atoms with Crippen LogP contribution in [0, 0.1) is 13.8 Å². The van der Waals surface area contributed by atoms with Crippen LogP contribution in [0.5, 0.6) is 23.0 Å². The van der Waals surface area contributed by atoms with E-state index in [2.05, 4.69) is 19.2 Å². The molecular weight excluding hydrogens is 781 g/mol. The van der Waals surface area contributed by atoms with Crippen LogP contribution in [0.1, 0.15) is 119 Å². The molecule has 0 aromatic heterocycles. The van der Waals surface area contributed by atoms with Gasteiger partial charge in [-0.15, -0.1) is 0 Å². The fourth-order valence-corrected chi connectivity index (χ4v) is 7.77. The van der Waals surface area contributed by atoms with Crippen molar-refractivity contribution in [3.8, 4) is 23.0 Å². The molecule has 2 saturated heterocycles. The zero-order valence-corrected chi connectivity index (χ0v) is 39.4. The number of carbonyl (C=O) groups excluding carboxylic acids is 3. The van der Waals surface area contributed by atoms with Crippen LogP contribution >= 0.6 is 0 Å². The molecule has 2 aliphatic heterocycles. The lowest BCUT2D eigenvalue weighted by atomic mass is 9.99. The first-order valence-electron chi connectivity index (χ1n) is 21.9. The number of carbonyl (C=O) groups is 3. The van der Waals surface area contributed by atoms with Gasteiger partial charge >= 0.3 is 6.09 Å². The van der Waals surface area contributed by atoms with Gasteiger partial charge in [0.15, 0.2) is 23.0 Å². The van der Waals surface area contributed by atoms with E-state index in [0.717, 1.165) is 62.7 Å². The molecule has 0 spiro atoms. The Bertz CT molecular complexity index is 1690. The van der Waals surface area contributed by atoms with Crippen LogP contribution in [0.25, 0.3) is 0 Å². The topological polar surface area (TPSA) is 138 Å².